The average molecular weight is 280 g/mol. The summed E-state index contributed by atoms with van der Waals surface area (Å²) in [4.78, 5) is 18.3. The van der Waals surface area contributed by atoms with Gasteiger partial charge in [0.2, 0.25) is 11.6 Å². The van der Waals surface area contributed by atoms with E-state index in [0.29, 0.717) is 5.56 Å². The first-order valence-corrected chi connectivity index (χ1v) is 5.76. The first kappa shape index (κ1) is 13.2. The van der Waals surface area contributed by atoms with E-state index >= 15 is 0 Å². The molecule has 0 saturated heterocycles. The number of hydrogen-bond acceptors (Lipinski definition) is 5. The zero-order valence-electron chi connectivity index (χ0n) is 10.3. The van der Waals surface area contributed by atoms with Crippen LogP contribution in [0.2, 0.25) is 5.15 Å². The summed E-state index contributed by atoms with van der Waals surface area (Å²) in [7, 11) is 0. The summed E-state index contributed by atoms with van der Waals surface area (Å²) in [5.41, 5.74) is 1.32. The summed E-state index contributed by atoms with van der Waals surface area (Å²) in [6, 6.07) is 3.24. The van der Waals surface area contributed by atoms with Crippen molar-refractivity contribution in [1.29, 1.82) is 0 Å². The summed E-state index contributed by atoms with van der Waals surface area (Å²) in [5.74, 6) is 0.259. The number of aryl methyl sites for hydroxylation is 2. The van der Waals surface area contributed by atoms with Crippen LogP contribution in [0.3, 0.4) is 0 Å². The molecule has 0 radical (unpaired) electrons. The van der Waals surface area contributed by atoms with Crippen LogP contribution in [0, 0.1) is 24.0 Å². The zero-order valence-corrected chi connectivity index (χ0v) is 11.0. The van der Waals surface area contributed by atoms with Crippen LogP contribution < -0.4 is 4.74 Å². The van der Waals surface area contributed by atoms with Crippen molar-refractivity contribution >= 4 is 17.3 Å². The molecule has 1 aromatic heterocycles. The van der Waals surface area contributed by atoms with Gasteiger partial charge < -0.3 is 4.74 Å². The average Bonchev–Trinajstić information content (AvgIpc) is 2.32. The Bertz CT molecular complexity index is 646. The van der Waals surface area contributed by atoms with Crippen molar-refractivity contribution < 1.29 is 9.66 Å². The Morgan fingerprint density at radius 3 is 2.68 bits per heavy atom. The van der Waals surface area contributed by atoms with Gasteiger partial charge in [-0.25, -0.2) is 0 Å². The summed E-state index contributed by atoms with van der Waals surface area (Å²) in [5, 5.41) is 11.2. The first-order chi connectivity index (χ1) is 8.97. The van der Waals surface area contributed by atoms with Gasteiger partial charge in [0.25, 0.3) is 0 Å². The molecule has 0 atom stereocenters. The van der Waals surface area contributed by atoms with Gasteiger partial charge in [0.15, 0.2) is 5.15 Å². The topological polar surface area (TPSA) is 78.2 Å². The van der Waals surface area contributed by atoms with E-state index in [0.717, 1.165) is 5.56 Å². The monoisotopic (exact) mass is 279 g/mol. The van der Waals surface area contributed by atoms with E-state index in [4.69, 9.17) is 16.3 Å². The van der Waals surface area contributed by atoms with E-state index in [1.165, 1.54) is 18.5 Å². The van der Waals surface area contributed by atoms with Crippen LogP contribution in [0.25, 0.3) is 0 Å². The quantitative estimate of drug-likeness (QED) is 0.635. The lowest BCUT2D eigenvalue weighted by molar-refractivity contribution is -0.385. The number of halogens is 1. The summed E-state index contributed by atoms with van der Waals surface area (Å²) in [6.45, 7) is 3.51. The molecule has 98 valence electrons. The predicted octanol–water partition coefficient (Wildman–Crippen LogP) is 3.45. The molecule has 0 unspecified atom stereocenters. The van der Waals surface area contributed by atoms with E-state index < -0.39 is 4.92 Å². The van der Waals surface area contributed by atoms with Crippen LogP contribution in [0.4, 0.5) is 5.69 Å². The number of nitrogens with zero attached hydrogens (tertiary/aromatic N) is 3. The molecule has 1 heterocycles. The molecule has 0 aliphatic rings. The third-order valence-electron chi connectivity index (χ3n) is 2.39. The van der Waals surface area contributed by atoms with Crippen molar-refractivity contribution in [3.8, 4) is 11.6 Å². The highest BCUT2D eigenvalue weighted by Gasteiger charge is 2.19. The predicted molar refractivity (Wildman–Crippen MR) is 69.7 cm³/mol. The van der Waals surface area contributed by atoms with Crippen molar-refractivity contribution in [1.82, 2.24) is 9.97 Å². The summed E-state index contributed by atoms with van der Waals surface area (Å²) < 4.78 is 5.44. The molecule has 0 aliphatic heterocycles. The molecular weight excluding hydrogens is 270 g/mol. The Hall–Kier alpha value is -2.21. The standard InChI is InChI=1S/C12H10ClN3O3/c1-7-3-8(2)12(9(4-7)16(17)18)19-11-6-14-5-10(13)15-11/h3-6H,1-2H3. The van der Waals surface area contributed by atoms with Gasteiger partial charge in [-0.05, 0) is 25.0 Å². The lowest BCUT2D eigenvalue weighted by Gasteiger charge is -2.09. The van der Waals surface area contributed by atoms with Crippen LogP contribution >= 0.6 is 11.6 Å². The Morgan fingerprint density at radius 2 is 2.05 bits per heavy atom. The van der Waals surface area contributed by atoms with Gasteiger partial charge >= 0.3 is 5.69 Å². The highest BCUT2D eigenvalue weighted by molar-refractivity contribution is 6.29. The molecule has 1 aromatic carbocycles. The number of nitro groups is 1. The third kappa shape index (κ3) is 2.97. The second-order valence-electron chi connectivity index (χ2n) is 3.97. The highest BCUT2D eigenvalue weighted by atomic mass is 35.5. The van der Waals surface area contributed by atoms with Gasteiger partial charge in [0.05, 0.1) is 17.3 Å². The molecule has 2 aromatic rings. The molecule has 0 N–H and O–H groups in total. The third-order valence-corrected chi connectivity index (χ3v) is 2.57. The Balaban J connectivity index is 2.47. The van der Waals surface area contributed by atoms with Gasteiger partial charge in [-0.3, -0.25) is 15.1 Å². The molecule has 0 spiro atoms. The fourth-order valence-corrected chi connectivity index (χ4v) is 1.82. The van der Waals surface area contributed by atoms with Crippen LogP contribution in [-0.4, -0.2) is 14.9 Å². The molecule has 0 bridgehead atoms. The van der Waals surface area contributed by atoms with E-state index in [1.807, 2.05) is 0 Å². The summed E-state index contributed by atoms with van der Waals surface area (Å²) >= 11 is 5.69. The van der Waals surface area contributed by atoms with Crippen LogP contribution in [-0.2, 0) is 0 Å². The number of hydrogen-bond donors (Lipinski definition) is 0. The van der Waals surface area contributed by atoms with Crippen LogP contribution in [0.15, 0.2) is 24.5 Å². The van der Waals surface area contributed by atoms with Crippen molar-refractivity contribution in [2.24, 2.45) is 0 Å². The van der Waals surface area contributed by atoms with Gasteiger partial charge in [-0.15, -0.1) is 0 Å². The van der Waals surface area contributed by atoms with Crippen molar-refractivity contribution in [3.05, 3.63) is 50.9 Å². The van der Waals surface area contributed by atoms with Crippen molar-refractivity contribution in [2.45, 2.75) is 13.8 Å². The van der Waals surface area contributed by atoms with Gasteiger partial charge in [-0.2, -0.15) is 4.98 Å². The lowest BCUT2D eigenvalue weighted by Crippen LogP contribution is -1.98. The molecule has 0 amide bonds. The molecule has 6 nitrogen and oxygen atoms in total. The lowest BCUT2D eigenvalue weighted by atomic mass is 10.1. The Kier molecular flexibility index (Phi) is 3.62. The second-order valence-corrected chi connectivity index (χ2v) is 4.36. The second kappa shape index (κ2) is 5.19. The number of rotatable bonds is 3. The molecular formula is C12H10ClN3O3. The summed E-state index contributed by atoms with van der Waals surface area (Å²) in [6.07, 6.45) is 2.69. The SMILES string of the molecule is Cc1cc(C)c(Oc2cncc(Cl)n2)c([N+](=O)[O-])c1. The van der Waals surface area contributed by atoms with E-state index in [9.17, 15) is 10.1 Å². The molecule has 7 heteroatoms. The van der Waals surface area contributed by atoms with Gasteiger partial charge in [0.1, 0.15) is 0 Å². The highest BCUT2D eigenvalue weighted by Crippen LogP contribution is 2.35. The fraction of sp³-hybridized carbons (Fsp3) is 0.167. The van der Waals surface area contributed by atoms with E-state index in [1.54, 1.807) is 19.9 Å². The van der Waals surface area contributed by atoms with E-state index in [2.05, 4.69) is 9.97 Å². The maximum atomic E-state index is 11.0. The van der Waals surface area contributed by atoms with Crippen LogP contribution in [0.5, 0.6) is 11.6 Å². The molecule has 2 rings (SSSR count). The smallest absolute Gasteiger partial charge is 0.312 e. The number of aromatic nitrogens is 2. The van der Waals surface area contributed by atoms with Crippen LogP contribution in [0.1, 0.15) is 11.1 Å². The largest absolute Gasteiger partial charge is 0.430 e. The Morgan fingerprint density at radius 1 is 1.32 bits per heavy atom. The van der Waals surface area contributed by atoms with Crippen molar-refractivity contribution in [3.63, 3.8) is 0 Å². The fourth-order valence-electron chi connectivity index (χ4n) is 1.68. The van der Waals surface area contributed by atoms with E-state index in [-0.39, 0.29) is 22.5 Å². The Labute approximate surface area is 114 Å². The number of nitro benzene ring substituents is 1. The zero-order chi connectivity index (χ0) is 14.0. The molecule has 0 aliphatic carbocycles. The normalized spacial score (nSPS) is 10.3. The maximum Gasteiger partial charge on any atom is 0.312 e. The maximum absolute atomic E-state index is 11.0. The van der Waals surface area contributed by atoms with Gasteiger partial charge in [-0.1, -0.05) is 17.7 Å². The minimum absolute atomic E-state index is 0.112. The minimum atomic E-state index is -0.493. The minimum Gasteiger partial charge on any atom is -0.430 e. The first-order valence-electron chi connectivity index (χ1n) is 5.38. The van der Waals surface area contributed by atoms with Crippen molar-refractivity contribution in [2.75, 3.05) is 0 Å². The number of benzene rings is 1. The molecule has 0 fully saturated rings. The van der Waals surface area contributed by atoms with Gasteiger partial charge in [0, 0.05) is 6.07 Å². The molecule has 19 heavy (non-hydrogen) atoms. The number of ether oxygens (including phenoxy) is 1. The molecule has 0 saturated carbocycles.